The molecule has 0 saturated carbocycles. The fraction of sp³-hybridized carbons (Fsp3) is 0.333. The average molecular weight is 184 g/mol. The van der Waals surface area contributed by atoms with E-state index in [2.05, 4.69) is 0 Å². The van der Waals surface area contributed by atoms with Crippen LogP contribution in [-0.2, 0) is 6.42 Å². The lowest BCUT2D eigenvalue weighted by Crippen LogP contribution is -1.93. The van der Waals surface area contributed by atoms with Crippen molar-refractivity contribution in [3.05, 3.63) is 23.5 Å². The van der Waals surface area contributed by atoms with Crippen LogP contribution in [0.1, 0.15) is 5.56 Å². The van der Waals surface area contributed by atoms with Crippen molar-refractivity contribution in [1.29, 1.82) is 0 Å². The minimum atomic E-state index is -0.432. The number of fused-ring (bicyclic) bond motifs is 1. The fourth-order valence-electron chi connectivity index (χ4n) is 1.29. The van der Waals surface area contributed by atoms with Gasteiger partial charge in [-0.2, -0.15) is 0 Å². The van der Waals surface area contributed by atoms with Gasteiger partial charge in [-0.05, 0) is 24.1 Å². The molecule has 1 aromatic carbocycles. The summed E-state index contributed by atoms with van der Waals surface area (Å²) in [6.45, 7) is 0.0634. The van der Waals surface area contributed by atoms with Gasteiger partial charge in [0.1, 0.15) is 0 Å². The third-order valence-electron chi connectivity index (χ3n) is 1.89. The third kappa shape index (κ3) is 1.45. The van der Waals surface area contributed by atoms with E-state index in [0.717, 1.165) is 0 Å². The topological polar surface area (TPSA) is 38.7 Å². The first-order valence-electron chi connectivity index (χ1n) is 4.00. The maximum Gasteiger partial charge on any atom is 0.231 e. The van der Waals surface area contributed by atoms with Crippen molar-refractivity contribution >= 4 is 0 Å². The van der Waals surface area contributed by atoms with E-state index in [1.165, 1.54) is 6.07 Å². The van der Waals surface area contributed by atoms with E-state index in [1.54, 1.807) is 6.07 Å². The van der Waals surface area contributed by atoms with Gasteiger partial charge >= 0.3 is 0 Å². The minimum absolute atomic E-state index is 0.000909. The van der Waals surface area contributed by atoms with E-state index in [1.807, 2.05) is 0 Å². The standard InChI is InChI=1S/C9H9FO3/c10-7-3-6(1-2-11)4-8-9(7)13-5-12-8/h3-4,11H,1-2,5H2. The molecule has 1 aliphatic rings. The first-order chi connectivity index (χ1) is 6.31. The molecule has 1 aromatic rings. The van der Waals surface area contributed by atoms with Crippen molar-refractivity contribution in [2.24, 2.45) is 0 Å². The largest absolute Gasteiger partial charge is 0.453 e. The number of aliphatic hydroxyl groups excluding tert-OH is 1. The second kappa shape index (κ2) is 3.22. The van der Waals surface area contributed by atoms with Crippen LogP contribution in [0.25, 0.3) is 0 Å². The minimum Gasteiger partial charge on any atom is -0.453 e. The molecule has 3 nitrogen and oxygen atoms in total. The van der Waals surface area contributed by atoms with E-state index in [0.29, 0.717) is 17.7 Å². The lowest BCUT2D eigenvalue weighted by molar-refractivity contribution is 0.171. The predicted octanol–water partition coefficient (Wildman–Crippen LogP) is 1.09. The van der Waals surface area contributed by atoms with Gasteiger partial charge in [-0.15, -0.1) is 0 Å². The molecule has 0 unspecified atom stereocenters. The molecule has 0 saturated heterocycles. The van der Waals surface area contributed by atoms with Gasteiger partial charge in [0.05, 0.1) is 0 Å². The first-order valence-corrected chi connectivity index (χ1v) is 4.00. The number of hydrogen-bond donors (Lipinski definition) is 1. The Bertz CT molecular complexity index is 325. The molecule has 0 fully saturated rings. The van der Waals surface area contributed by atoms with Crippen LogP contribution in [0.5, 0.6) is 11.5 Å². The van der Waals surface area contributed by atoms with Crippen molar-refractivity contribution < 1.29 is 19.0 Å². The molecule has 0 bridgehead atoms. The molecule has 13 heavy (non-hydrogen) atoms. The highest BCUT2D eigenvalue weighted by Crippen LogP contribution is 2.35. The zero-order valence-corrected chi connectivity index (χ0v) is 6.92. The maximum atomic E-state index is 13.2. The normalized spacial score (nSPS) is 13.4. The van der Waals surface area contributed by atoms with Gasteiger partial charge in [0.2, 0.25) is 12.5 Å². The molecule has 0 aromatic heterocycles. The van der Waals surface area contributed by atoms with E-state index < -0.39 is 5.82 Å². The van der Waals surface area contributed by atoms with Crippen molar-refractivity contribution in [1.82, 2.24) is 0 Å². The number of ether oxygens (including phenoxy) is 2. The number of rotatable bonds is 2. The summed E-state index contributed by atoms with van der Waals surface area (Å²) < 4.78 is 23.1. The summed E-state index contributed by atoms with van der Waals surface area (Å²) in [7, 11) is 0. The van der Waals surface area contributed by atoms with Crippen molar-refractivity contribution in [3.63, 3.8) is 0 Å². The zero-order chi connectivity index (χ0) is 9.26. The Morgan fingerprint density at radius 2 is 2.23 bits per heavy atom. The van der Waals surface area contributed by atoms with E-state index in [9.17, 15) is 4.39 Å². The first kappa shape index (κ1) is 8.31. The van der Waals surface area contributed by atoms with Gasteiger partial charge in [0.15, 0.2) is 11.6 Å². The quantitative estimate of drug-likeness (QED) is 0.747. The molecule has 0 aliphatic carbocycles. The Balaban J connectivity index is 2.37. The van der Waals surface area contributed by atoms with Gasteiger partial charge < -0.3 is 14.6 Å². The molecule has 1 heterocycles. The molecule has 0 spiro atoms. The number of aliphatic hydroxyl groups is 1. The molecule has 4 heteroatoms. The highest BCUT2D eigenvalue weighted by atomic mass is 19.1. The Morgan fingerprint density at radius 3 is 3.00 bits per heavy atom. The Morgan fingerprint density at radius 1 is 1.38 bits per heavy atom. The molecule has 1 aliphatic heterocycles. The molecule has 1 N–H and O–H groups in total. The monoisotopic (exact) mass is 184 g/mol. The highest BCUT2D eigenvalue weighted by Gasteiger charge is 2.18. The number of hydrogen-bond acceptors (Lipinski definition) is 3. The van der Waals surface area contributed by atoms with Crippen molar-refractivity contribution in [3.8, 4) is 11.5 Å². The highest BCUT2D eigenvalue weighted by molar-refractivity contribution is 5.45. The van der Waals surface area contributed by atoms with Crippen LogP contribution < -0.4 is 9.47 Å². The third-order valence-corrected chi connectivity index (χ3v) is 1.89. The van der Waals surface area contributed by atoms with Gasteiger partial charge in [-0.1, -0.05) is 0 Å². The van der Waals surface area contributed by atoms with E-state index >= 15 is 0 Å². The van der Waals surface area contributed by atoms with E-state index in [4.69, 9.17) is 14.6 Å². The van der Waals surface area contributed by atoms with Crippen LogP contribution in [0.3, 0.4) is 0 Å². The van der Waals surface area contributed by atoms with Gasteiger partial charge in [0.25, 0.3) is 0 Å². The molecular formula is C9H9FO3. The molecule has 0 amide bonds. The zero-order valence-electron chi connectivity index (χ0n) is 6.92. The van der Waals surface area contributed by atoms with Gasteiger partial charge in [-0.25, -0.2) is 4.39 Å². The van der Waals surface area contributed by atoms with Crippen molar-refractivity contribution in [2.75, 3.05) is 13.4 Å². The van der Waals surface area contributed by atoms with Crippen LogP contribution in [0.15, 0.2) is 12.1 Å². The summed E-state index contributed by atoms with van der Waals surface area (Å²) in [4.78, 5) is 0. The second-order valence-electron chi connectivity index (χ2n) is 2.79. The van der Waals surface area contributed by atoms with Crippen LogP contribution in [-0.4, -0.2) is 18.5 Å². The van der Waals surface area contributed by atoms with Crippen molar-refractivity contribution in [2.45, 2.75) is 6.42 Å². The van der Waals surface area contributed by atoms with E-state index in [-0.39, 0.29) is 19.1 Å². The van der Waals surface area contributed by atoms with Gasteiger partial charge in [0, 0.05) is 6.61 Å². The average Bonchev–Trinajstić information content (AvgIpc) is 2.53. The predicted molar refractivity (Wildman–Crippen MR) is 43.3 cm³/mol. The summed E-state index contributed by atoms with van der Waals surface area (Å²) >= 11 is 0. The summed E-state index contributed by atoms with van der Waals surface area (Å²) in [5.74, 6) is 0.156. The summed E-state index contributed by atoms with van der Waals surface area (Å²) in [6, 6.07) is 3.03. The Labute approximate surface area is 74.7 Å². The number of halogens is 1. The van der Waals surface area contributed by atoms with Crippen LogP contribution >= 0.6 is 0 Å². The van der Waals surface area contributed by atoms with Crippen LogP contribution in [0, 0.1) is 5.82 Å². The molecule has 0 radical (unpaired) electrons. The Kier molecular flexibility index (Phi) is 2.06. The smallest absolute Gasteiger partial charge is 0.231 e. The molecule has 2 rings (SSSR count). The second-order valence-corrected chi connectivity index (χ2v) is 2.79. The van der Waals surface area contributed by atoms with Gasteiger partial charge in [-0.3, -0.25) is 0 Å². The molecule has 0 atom stereocenters. The summed E-state index contributed by atoms with van der Waals surface area (Å²) in [5, 5.41) is 8.66. The number of benzene rings is 1. The molecular weight excluding hydrogens is 175 g/mol. The van der Waals surface area contributed by atoms with Crippen LogP contribution in [0.4, 0.5) is 4.39 Å². The maximum absolute atomic E-state index is 13.2. The summed E-state index contributed by atoms with van der Waals surface area (Å²) in [5.41, 5.74) is 0.712. The Hall–Kier alpha value is -1.29. The lowest BCUT2D eigenvalue weighted by atomic mass is 10.1. The summed E-state index contributed by atoms with van der Waals surface area (Å²) in [6.07, 6.45) is 0.424. The fourth-order valence-corrected chi connectivity index (χ4v) is 1.29. The lowest BCUT2D eigenvalue weighted by Gasteiger charge is -2.01. The SMILES string of the molecule is OCCc1cc(F)c2c(c1)OCO2. The molecule has 70 valence electrons. The van der Waals surface area contributed by atoms with Crippen LogP contribution in [0.2, 0.25) is 0 Å².